The number of β-amino-alcohol motifs (C(OH)–C–C–N with tert-alkyl or cyclic N) is 1. The van der Waals surface area contributed by atoms with Crippen molar-refractivity contribution in [1.29, 1.82) is 0 Å². The highest BCUT2D eigenvalue weighted by atomic mass is 32.2. The second-order valence-electron chi connectivity index (χ2n) is 4.25. The zero-order valence-corrected chi connectivity index (χ0v) is 10.1. The summed E-state index contributed by atoms with van der Waals surface area (Å²) in [5.41, 5.74) is 5.61. The predicted molar refractivity (Wildman–Crippen MR) is 59.5 cm³/mol. The summed E-state index contributed by atoms with van der Waals surface area (Å²) in [7, 11) is -3.09. The first-order chi connectivity index (χ1) is 7.29. The number of rotatable bonds is 4. The van der Waals surface area contributed by atoms with Crippen molar-refractivity contribution in [3.05, 3.63) is 0 Å². The molecule has 0 radical (unpaired) electrons. The van der Waals surface area contributed by atoms with E-state index in [9.17, 15) is 18.3 Å². The summed E-state index contributed by atoms with van der Waals surface area (Å²) in [6.07, 6.45) is 1.32. The molecule has 0 aromatic carbocycles. The van der Waals surface area contributed by atoms with Crippen LogP contribution in [0, 0.1) is 0 Å². The molecule has 0 bridgehead atoms. The van der Waals surface area contributed by atoms with Crippen LogP contribution in [0.15, 0.2) is 0 Å². The number of carbonyl (C=O) groups excluding carboxylic acids is 1. The van der Waals surface area contributed by atoms with Crippen LogP contribution in [-0.4, -0.2) is 61.6 Å². The van der Waals surface area contributed by atoms with Crippen molar-refractivity contribution in [2.24, 2.45) is 5.73 Å². The minimum absolute atomic E-state index is 0.0870. The normalized spacial score (nSPS) is 23.4. The Bertz CT molecular complexity index is 355. The molecule has 16 heavy (non-hydrogen) atoms. The third-order valence-corrected chi connectivity index (χ3v) is 3.57. The lowest BCUT2D eigenvalue weighted by Gasteiger charge is -2.19. The number of likely N-dealkylation sites (tertiary alicyclic amines) is 1. The molecule has 7 heteroatoms. The fraction of sp³-hybridized carbons (Fsp3) is 0.889. The van der Waals surface area contributed by atoms with Gasteiger partial charge < -0.3 is 15.7 Å². The maximum absolute atomic E-state index is 11.7. The van der Waals surface area contributed by atoms with Crippen molar-refractivity contribution in [2.45, 2.75) is 25.0 Å². The molecule has 1 aliphatic heterocycles. The summed E-state index contributed by atoms with van der Waals surface area (Å²) < 4.78 is 21.8. The van der Waals surface area contributed by atoms with Crippen molar-refractivity contribution in [1.82, 2.24) is 4.90 Å². The van der Waals surface area contributed by atoms with E-state index in [1.165, 1.54) is 4.90 Å². The molecule has 1 saturated heterocycles. The van der Waals surface area contributed by atoms with Gasteiger partial charge in [-0.3, -0.25) is 4.79 Å². The molecule has 0 spiro atoms. The van der Waals surface area contributed by atoms with Crippen LogP contribution in [-0.2, 0) is 14.6 Å². The zero-order valence-electron chi connectivity index (χ0n) is 9.30. The van der Waals surface area contributed by atoms with Crippen LogP contribution < -0.4 is 5.73 Å². The number of amides is 1. The Balaban J connectivity index is 2.42. The molecule has 1 aliphatic rings. The van der Waals surface area contributed by atoms with Crippen molar-refractivity contribution in [3.63, 3.8) is 0 Å². The molecule has 3 N–H and O–H groups in total. The number of nitrogens with two attached hydrogens (primary N) is 1. The molecule has 0 aliphatic carbocycles. The molecular weight excluding hydrogens is 232 g/mol. The van der Waals surface area contributed by atoms with E-state index in [-0.39, 0.29) is 18.1 Å². The van der Waals surface area contributed by atoms with E-state index in [0.717, 1.165) is 6.26 Å². The van der Waals surface area contributed by atoms with Gasteiger partial charge in [-0.25, -0.2) is 8.42 Å². The number of aliphatic hydroxyl groups excluding tert-OH is 1. The zero-order chi connectivity index (χ0) is 12.3. The van der Waals surface area contributed by atoms with Gasteiger partial charge in [-0.1, -0.05) is 0 Å². The highest BCUT2D eigenvalue weighted by Gasteiger charge is 2.28. The Morgan fingerprint density at radius 3 is 2.69 bits per heavy atom. The maximum Gasteiger partial charge on any atom is 0.239 e. The maximum atomic E-state index is 11.7. The topological polar surface area (TPSA) is 101 Å². The minimum atomic E-state index is -3.09. The fourth-order valence-corrected chi connectivity index (χ4v) is 2.32. The largest absolute Gasteiger partial charge is 0.391 e. The predicted octanol–water partition coefficient (Wildman–Crippen LogP) is -1.66. The number of hydrogen-bond donors (Lipinski definition) is 2. The Kier molecular flexibility index (Phi) is 4.28. The van der Waals surface area contributed by atoms with Crippen LogP contribution in [0.25, 0.3) is 0 Å². The van der Waals surface area contributed by atoms with E-state index >= 15 is 0 Å². The Hall–Kier alpha value is -0.660. The molecule has 1 fully saturated rings. The van der Waals surface area contributed by atoms with Gasteiger partial charge in [-0.2, -0.15) is 0 Å². The molecule has 1 heterocycles. The third-order valence-electron chi connectivity index (χ3n) is 2.59. The molecule has 0 aromatic rings. The SMILES string of the molecule is CS(=O)(=O)CCC(N)C(=O)N1CCC(O)C1. The van der Waals surface area contributed by atoms with Crippen molar-refractivity contribution in [3.8, 4) is 0 Å². The fourth-order valence-electron chi connectivity index (χ4n) is 1.64. The highest BCUT2D eigenvalue weighted by molar-refractivity contribution is 7.90. The lowest BCUT2D eigenvalue weighted by molar-refractivity contribution is -0.131. The van der Waals surface area contributed by atoms with Crippen molar-refractivity contribution < 1.29 is 18.3 Å². The van der Waals surface area contributed by atoms with Crippen LogP contribution >= 0.6 is 0 Å². The Labute approximate surface area is 95.3 Å². The average molecular weight is 250 g/mol. The number of sulfone groups is 1. The first-order valence-corrected chi connectivity index (χ1v) is 7.26. The molecule has 94 valence electrons. The first kappa shape index (κ1) is 13.4. The van der Waals surface area contributed by atoms with Gasteiger partial charge in [0.25, 0.3) is 0 Å². The molecular formula is C9H18N2O4S. The molecule has 2 atom stereocenters. The lowest BCUT2D eigenvalue weighted by atomic mass is 10.2. The van der Waals surface area contributed by atoms with Gasteiger partial charge in [0, 0.05) is 19.3 Å². The molecule has 6 nitrogen and oxygen atoms in total. The Morgan fingerprint density at radius 1 is 1.62 bits per heavy atom. The van der Waals surface area contributed by atoms with Crippen LogP contribution in [0.2, 0.25) is 0 Å². The minimum Gasteiger partial charge on any atom is -0.391 e. The monoisotopic (exact) mass is 250 g/mol. The standard InChI is InChI=1S/C9H18N2O4S/c1-16(14,15)5-3-8(10)9(13)11-4-2-7(12)6-11/h7-8,12H,2-6,10H2,1H3. The second kappa shape index (κ2) is 5.11. The summed E-state index contributed by atoms with van der Waals surface area (Å²) >= 11 is 0. The van der Waals surface area contributed by atoms with Crippen LogP contribution in [0.4, 0.5) is 0 Å². The first-order valence-electron chi connectivity index (χ1n) is 5.20. The lowest BCUT2D eigenvalue weighted by Crippen LogP contribution is -2.43. The number of carbonyl (C=O) groups is 1. The average Bonchev–Trinajstić information content (AvgIpc) is 2.59. The number of hydrogen-bond acceptors (Lipinski definition) is 5. The summed E-state index contributed by atoms with van der Waals surface area (Å²) in [5.74, 6) is -0.365. The van der Waals surface area contributed by atoms with Crippen LogP contribution in [0.5, 0.6) is 0 Å². The molecule has 0 saturated carbocycles. The van der Waals surface area contributed by atoms with Crippen LogP contribution in [0.1, 0.15) is 12.8 Å². The molecule has 2 unspecified atom stereocenters. The van der Waals surface area contributed by atoms with Crippen molar-refractivity contribution in [2.75, 3.05) is 25.1 Å². The van der Waals surface area contributed by atoms with E-state index in [4.69, 9.17) is 5.73 Å². The number of nitrogens with zero attached hydrogens (tertiary/aromatic N) is 1. The smallest absolute Gasteiger partial charge is 0.239 e. The summed E-state index contributed by atoms with van der Waals surface area (Å²) in [5, 5.41) is 9.26. The van der Waals surface area contributed by atoms with Crippen molar-refractivity contribution >= 4 is 15.7 Å². The van der Waals surface area contributed by atoms with Gasteiger partial charge in [0.15, 0.2) is 0 Å². The molecule has 1 amide bonds. The van der Waals surface area contributed by atoms with Gasteiger partial charge in [0.1, 0.15) is 9.84 Å². The van der Waals surface area contributed by atoms with Gasteiger partial charge in [0.2, 0.25) is 5.91 Å². The summed E-state index contributed by atoms with van der Waals surface area (Å²) in [6.45, 7) is 0.790. The highest BCUT2D eigenvalue weighted by Crippen LogP contribution is 2.10. The van der Waals surface area contributed by atoms with Gasteiger partial charge in [-0.05, 0) is 12.8 Å². The van der Waals surface area contributed by atoms with Crippen LogP contribution in [0.3, 0.4) is 0 Å². The van der Waals surface area contributed by atoms with Gasteiger partial charge in [0.05, 0.1) is 17.9 Å². The van der Waals surface area contributed by atoms with E-state index in [1.54, 1.807) is 0 Å². The van der Waals surface area contributed by atoms with E-state index in [1.807, 2.05) is 0 Å². The number of aliphatic hydroxyl groups is 1. The van der Waals surface area contributed by atoms with Gasteiger partial charge >= 0.3 is 0 Å². The Morgan fingerprint density at radius 2 is 2.25 bits per heavy atom. The molecule has 1 rings (SSSR count). The third kappa shape index (κ3) is 4.07. The van der Waals surface area contributed by atoms with Gasteiger partial charge in [-0.15, -0.1) is 0 Å². The van der Waals surface area contributed by atoms with E-state index in [0.29, 0.717) is 19.5 Å². The second-order valence-corrected chi connectivity index (χ2v) is 6.51. The summed E-state index contributed by atoms with van der Waals surface area (Å²) in [4.78, 5) is 13.2. The quantitative estimate of drug-likeness (QED) is 0.622. The summed E-state index contributed by atoms with van der Waals surface area (Å²) in [6, 6.07) is -0.792. The van der Waals surface area contributed by atoms with E-state index < -0.39 is 22.0 Å². The molecule has 0 aromatic heterocycles. The van der Waals surface area contributed by atoms with E-state index in [2.05, 4.69) is 0 Å².